The number of sulfone groups is 1. The van der Waals surface area contributed by atoms with Gasteiger partial charge in [0.15, 0.2) is 9.84 Å². The molecule has 32 heavy (non-hydrogen) atoms. The first-order chi connectivity index (χ1) is 15.2. The second kappa shape index (κ2) is 8.19. The summed E-state index contributed by atoms with van der Waals surface area (Å²) in [6.07, 6.45) is 1.41. The predicted molar refractivity (Wildman–Crippen MR) is 113 cm³/mol. The fourth-order valence-electron chi connectivity index (χ4n) is 3.97. The van der Waals surface area contributed by atoms with Crippen molar-refractivity contribution in [3.8, 4) is 0 Å². The molecule has 0 aliphatic carbocycles. The predicted octanol–water partition coefficient (Wildman–Crippen LogP) is 1.37. The molecule has 2 aromatic carbocycles. The van der Waals surface area contributed by atoms with Crippen LogP contribution in [0.1, 0.15) is 43.9 Å². The van der Waals surface area contributed by atoms with Gasteiger partial charge in [0.25, 0.3) is 17.7 Å². The highest BCUT2D eigenvalue weighted by Crippen LogP contribution is 2.24. The molecule has 1 fully saturated rings. The van der Waals surface area contributed by atoms with Crippen LogP contribution in [0.25, 0.3) is 0 Å². The molecule has 10 heteroatoms. The lowest BCUT2D eigenvalue weighted by Gasteiger charge is -2.29. The van der Waals surface area contributed by atoms with E-state index in [1.807, 2.05) is 0 Å². The van der Waals surface area contributed by atoms with Crippen molar-refractivity contribution in [2.24, 2.45) is 0 Å². The Balaban J connectivity index is 1.48. The van der Waals surface area contributed by atoms with Crippen LogP contribution in [0.15, 0.2) is 53.4 Å². The minimum atomic E-state index is -3.64. The van der Waals surface area contributed by atoms with Crippen LogP contribution in [0.5, 0.6) is 0 Å². The Bertz CT molecular complexity index is 1200. The topological polar surface area (TPSA) is 112 Å². The summed E-state index contributed by atoms with van der Waals surface area (Å²) in [5, 5.41) is 2.49. The number of amides is 4. The quantitative estimate of drug-likeness (QED) is 0.630. The van der Waals surface area contributed by atoms with Crippen molar-refractivity contribution in [3.05, 3.63) is 65.2 Å². The summed E-state index contributed by atoms with van der Waals surface area (Å²) in [5.74, 6) is -1.91. The summed E-state index contributed by atoms with van der Waals surface area (Å²) in [4.78, 5) is 51.9. The molecule has 0 N–H and O–H groups in total. The first-order valence-corrected chi connectivity index (χ1v) is 12.0. The lowest BCUT2D eigenvalue weighted by atomic mass is 10.1. The van der Waals surface area contributed by atoms with E-state index in [0.717, 1.165) is 11.2 Å². The molecule has 2 aliphatic heterocycles. The molecule has 166 valence electrons. The molecule has 0 saturated carbocycles. The zero-order valence-corrected chi connectivity index (χ0v) is 18.2. The molecule has 0 unspecified atom stereocenters. The number of carbonyl (C=O) groups is 4. The van der Waals surface area contributed by atoms with E-state index in [4.69, 9.17) is 0 Å². The van der Waals surface area contributed by atoms with Gasteiger partial charge in [-0.25, -0.2) is 13.4 Å². The molecule has 4 amide bonds. The molecule has 0 atom stereocenters. The van der Waals surface area contributed by atoms with Crippen molar-refractivity contribution in [3.63, 3.8) is 0 Å². The molecule has 0 bridgehead atoms. The van der Waals surface area contributed by atoms with Gasteiger partial charge >= 0.3 is 0 Å². The number of imide groups is 1. The molecule has 0 spiro atoms. The number of benzene rings is 2. The Labute approximate surface area is 185 Å². The number of fused-ring (bicyclic) bond motifs is 1. The molecular formula is C22H21N3O6S. The van der Waals surface area contributed by atoms with Crippen LogP contribution in [-0.2, 0) is 14.6 Å². The highest BCUT2D eigenvalue weighted by Gasteiger charge is 2.37. The van der Waals surface area contributed by atoms with E-state index in [9.17, 15) is 27.6 Å². The van der Waals surface area contributed by atoms with Gasteiger partial charge < -0.3 is 0 Å². The Morgan fingerprint density at radius 2 is 1.44 bits per heavy atom. The van der Waals surface area contributed by atoms with Crippen molar-refractivity contribution >= 4 is 33.5 Å². The summed E-state index contributed by atoms with van der Waals surface area (Å²) in [6.45, 7) is 0.438. The summed E-state index contributed by atoms with van der Waals surface area (Å²) in [6, 6.07) is 12.3. The van der Waals surface area contributed by atoms with Crippen LogP contribution < -0.4 is 0 Å². The third-order valence-corrected chi connectivity index (χ3v) is 6.65. The molecule has 0 aromatic heterocycles. The largest absolute Gasteiger partial charge is 0.274 e. The number of hydrogen-bond donors (Lipinski definition) is 0. The van der Waals surface area contributed by atoms with Gasteiger partial charge in [0.2, 0.25) is 5.91 Å². The summed E-state index contributed by atoms with van der Waals surface area (Å²) in [7, 11) is -3.64. The summed E-state index contributed by atoms with van der Waals surface area (Å²) >= 11 is 0. The maximum Gasteiger partial charge on any atom is 0.273 e. The average molecular weight is 455 g/mol. The third-order valence-electron chi connectivity index (χ3n) is 5.50. The van der Waals surface area contributed by atoms with E-state index in [1.165, 1.54) is 28.2 Å². The van der Waals surface area contributed by atoms with Gasteiger partial charge in [-0.3, -0.25) is 29.1 Å². The van der Waals surface area contributed by atoms with E-state index < -0.39 is 33.5 Å². The smallest absolute Gasteiger partial charge is 0.273 e. The van der Waals surface area contributed by atoms with E-state index in [1.54, 1.807) is 30.3 Å². The number of hydrazine groups is 1. The first kappa shape index (κ1) is 21.7. The normalized spacial score (nSPS) is 16.0. The van der Waals surface area contributed by atoms with Crippen molar-refractivity contribution in [2.75, 3.05) is 25.9 Å². The van der Waals surface area contributed by atoms with Crippen LogP contribution in [-0.4, -0.2) is 72.9 Å². The lowest BCUT2D eigenvalue weighted by molar-refractivity contribution is -0.140. The Morgan fingerprint density at radius 1 is 0.875 bits per heavy atom. The average Bonchev–Trinajstić information content (AvgIpc) is 3.35. The van der Waals surface area contributed by atoms with Gasteiger partial charge in [-0.2, -0.15) is 0 Å². The first-order valence-electron chi connectivity index (χ1n) is 10.1. The molecular weight excluding hydrogens is 434 g/mol. The minimum Gasteiger partial charge on any atom is -0.274 e. The zero-order valence-electron chi connectivity index (χ0n) is 17.4. The highest BCUT2D eigenvalue weighted by molar-refractivity contribution is 7.90. The van der Waals surface area contributed by atoms with Crippen molar-refractivity contribution < 1.29 is 27.6 Å². The van der Waals surface area contributed by atoms with Crippen LogP contribution in [0.4, 0.5) is 0 Å². The van der Waals surface area contributed by atoms with Crippen LogP contribution in [0.3, 0.4) is 0 Å². The number of rotatable bonds is 5. The molecule has 2 aromatic rings. The second-order valence-electron chi connectivity index (χ2n) is 7.62. The minimum absolute atomic E-state index is 0.00459. The lowest BCUT2D eigenvalue weighted by Crippen LogP contribution is -2.46. The molecule has 4 rings (SSSR count). The second-order valence-corrected chi connectivity index (χ2v) is 9.61. The van der Waals surface area contributed by atoms with E-state index >= 15 is 0 Å². The SMILES string of the molecule is CS(=O)(=O)c1ccccc1C(=O)N1CCCN1C(=O)CCN1C(=O)c2ccccc2C1=O. The van der Waals surface area contributed by atoms with Gasteiger partial charge in [0.1, 0.15) is 0 Å². The maximum atomic E-state index is 13.1. The molecule has 2 aliphatic rings. The molecule has 1 saturated heterocycles. The Kier molecular flexibility index (Phi) is 5.55. The van der Waals surface area contributed by atoms with Gasteiger partial charge in [0, 0.05) is 32.3 Å². The fourth-order valence-corrected chi connectivity index (χ4v) is 4.85. The van der Waals surface area contributed by atoms with E-state index in [2.05, 4.69) is 0 Å². The zero-order chi connectivity index (χ0) is 23.0. The van der Waals surface area contributed by atoms with Crippen LogP contribution >= 0.6 is 0 Å². The maximum absolute atomic E-state index is 13.1. The fraction of sp³-hybridized carbons (Fsp3) is 0.273. The monoisotopic (exact) mass is 455 g/mol. The standard InChI is InChI=1S/C22H21N3O6S/c1-32(30,31)18-10-5-4-9-17(18)22(29)25-13-6-12-24(25)19(26)11-14-23-20(27)15-7-2-3-8-16(15)21(23)28/h2-5,7-10H,6,11-14H2,1H3. The van der Waals surface area contributed by atoms with E-state index in [0.29, 0.717) is 17.5 Å². The van der Waals surface area contributed by atoms with Gasteiger partial charge in [0.05, 0.1) is 21.6 Å². The summed E-state index contributed by atoms with van der Waals surface area (Å²) in [5.41, 5.74) is 0.607. The third kappa shape index (κ3) is 3.77. The van der Waals surface area contributed by atoms with Crippen LogP contribution in [0, 0.1) is 0 Å². The van der Waals surface area contributed by atoms with Gasteiger partial charge in [-0.1, -0.05) is 24.3 Å². The molecule has 2 heterocycles. The molecule has 9 nitrogen and oxygen atoms in total. The number of nitrogens with zero attached hydrogens (tertiary/aromatic N) is 3. The van der Waals surface area contributed by atoms with Crippen molar-refractivity contribution in [1.82, 2.24) is 14.9 Å². The Morgan fingerprint density at radius 3 is 2.06 bits per heavy atom. The molecule has 0 radical (unpaired) electrons. The van der Waals surface area contributed by atoms with Crippen molar-refractivity contribution in [1.29, 1.82) is 0 Å². The van der Waals surface area contributed by atoms with E-state index in [-0.39, 0.29) is 36.5 Å². The highest BCUT2D eigenvalue weighted by atomic mass is 32.2. The van der Waals surface area contributed by atoms with Gasteiger partial charge in [-0.05, 0) is 30.7 Å². The number of hydrogen-bond acceptors (Lipinski definition) is 6. The Hall–Kier alpha value is -3.53. The summed E-state index contributed by atoms with van der Waals surface area (Å²) < 4.78 is 24.1. The van der Waals surface area contributed by atoms with Crippen molar-refractivity contribution in [2.45, 2.75) is 17.7 Å². The number of carbonyl (C=O) groups excluding carboxylic acids is 4. The van der Waals surface area contributed by atoms with Gasteiger partial charge in [-0.15, -0.1) is 0 Å². The van der Waals surface area contributed by atoms with Crippen LogP contribution in [0.2, 0.25) is 0 Å².